The van der Waals surface area contributed by atoms with Crippen LogP contribution in [0.3, 0.4) is 0 Å². The van der Waals surface area contributed by atoms with Crippen LogP contribution in [0.5, 0.6) is 0 Å². The molecular weight excluding hydrogens is 298 g/mol. The highest BCUT2D eigenvalue weighted by Crippen LogP contribution is 2.43. The number of carbonyl (C=O) groups is 1. The van der Waals surface area contributed by atoms with Gasteiger partial charge in [0.25, 0.3) is 5.91 Å². The van der Waals surface area contributed by atoms with Gasteiger partial charge in [-0.05, 0) is 54.4 Å². The summed E-state index contributed by atoms with van der Waals surface area (Å²) in [4.78, 5) is 14.6. The van der Waals surface area contributed by atoms with E-state index in [1.165, 1.54) is 29.9 Å². The topological polar surface area (TPSA) is 20.3 Å². The molecule has 2 saturated heterocycles. The van der Waals surface area contributed by atoms with Gasteiger partial charge in [-0.2, -0.15) is 0 Å². The van der Waals surface area contributed by atoms with Crippen LogP contribution in [0.15, 0.2) is 24.3 Å². The third-order valence-corrected chi connectivity index (χ3v) is 7.22. The smallest absolute Gasteiger partial charge is 0.253 e. The minimum absolute atomic E-state index is 0.206. The van der Waals surface area contributed by atoms with Crippen LogP contribution in [0, 0.1) is 5.92 Å². The number of rotatable bonds is 2. The van der Waals surface area contributed by atoms with E-state index in [2.05, 4.69) is 19.1 Å². The molecule has 4 heteroatoms. The van der Waals surface area contributed by atoms with E-state index >= 15 is 0 Å². The lowest BCUT2D eigenvalue weighted by atomic mass is 9.99. The Bertz CT molecular complexity index is 482. The van der Waals surface area contributed by atoms with Gasteiger partial charge in [0.15, 0.2) is 0 Å². The Labute approximate surface area is 136 Å². The summed E-state index contributed by atoms with van der Waals surface area (Å²) in [5.74, 6) is 3.35. The molecule has 0 saturated carbocycles. The summed E-state index contributed by atoms with van der Waals surface area (Å²) in [5, 5.41) is 0. The lowest BCUT2D eigenvalue weighted by Gasteiger charge is -2.31. The number of benzene rings is 1. The molecule has 114 valence electrons. The molecule has 1 aromatic carbocycles. The second-order valence-electron chi connectivity index (χ2n) is 6.05. The Hall–Kier alpha value is -0.610. The van der Waals surface area contributed by atoms with Crippen molar-refractivity contribution in [2.75, 3.05) is 24.6 Å². The summed E-state index contributed by atoms with van der Waals surface area (Å²) >= 11 is 4.05. The highest BCUT2D eigenvalue weighted by atomic mass is 32.2. The van der Waals surface area contributed by atoms with Crippen molar-refractivity contribution in [2.45, 2.75) is 30.8 Å². The minimum atomic E-state index is 0.206. The predicted octanol–water partition coefficient (Wildman–Crippen LogP) is 4.43. The number of carbonyl (C=O) groups excluding carboxylic acids is 1. The highest BCUT2D eigenvalue weighted by Gasteiger charge is 2.22. The van der Waals surface area contributed by atoms with Crippen molar-refractivity contribution in [3.63, 3.8) is 0 Å². The molecule has 0 spiro atoms. The van der Waals surface area contributed by atoms with E-state index in [0.717, 1.165) is 25.1 Å². The molecule has 0 aromatic heterocycles. The molecule has 2 heterocycles. The number of thioether (sulfide) groups is 2. The second-order valence-corrected chi connectivity index (χ2v) is 8.77. The van der Waals surface area contributed by atoms with Crippen molar-refractivity contribution < 1.29 is 4.79 Å². The summed E-state index contributed by atoms with van der Waals surface area (Å²) < 4.78 is 0.554. The largest absolute Gasteiger partial charge is 0.338 e. The van der Waals surface area contributed by atoms with Gasteiger partial charge in [0.2, 0.25) is 0 Å². The Morgan fingerprint density at radius 2 is 1.86 bits per heavy atom. The first-order valence-electron chi connectivity index (χ1n) is 7.86. The molecule has 2 aliphatic heterocycles. The Kier molecular flexibility index (Phi) is 5.17. The van der Waals surface area contributed by atoms with E-state index in [-0.39, 0.29) is 5.91 Å². The number of hydrogen-bond acceptors (Lipinski definition) is 3. The summed E-state index contributed by atoms with van der Waals surface area (Å²) in [6, 6.07) is 8.34. The molecule has 1 atom stereocenters. The molecular formula is C17H23NOS2. The van der Waals surface area contributed by atoms with Crippen molar-refractivity contribution in [1.82, 2.24) is 4.90 Å². The molecule has 1 aromatic rings. The van der Waals surface area contributed by atoms with Crippen molar-refractivity contribution in [3.05, 3.63) is 35.4 Å². The summed E-state index contributed by atoms with van der Waals surface area (Å²) in [7, 11) is 0. The number of nitrogens with zero attached hydrogens (tertiary/aromatic N) is 1. The second kappa shape index (κ2) is 7.10. The van der Waals surface area contributed by atoms with Crippen molar-refractivity contribution >= 4 is 29.4 Å². The normalized spacial score (nSPS) is 24.0. The zero-order chi connectivity index (χ0) is 14.7. The van der Waals surface area contributed by atoms with E-state index < -0.39 is 0 Å². The van der Waals surface area contributed by atoms with Crippen LogP contribution in [-0.4, -0.2) is 35.4 Å². The number of likely N-dealkylation sites (tertiary alicyclic amines) is 1. The zero-order valence-electron chi connectivity index (χ0n) is 12.6. The third kappa shape index (κ3) is 3.78. The zero-order valence-corrected chi connectivity index (χ0v) is 14.2. The van der Waals surface area contributed by atoms with Gasteiger partial charge in [0.1, 0.15) is 0 Å². The summed E-state index contributed by atoms with van der Waals surface area (Å²) in [6.07, 6.45) is 3.70. The third-order valence-electron chi connectivity index (χ3n) is 4.20. The molecule has 1 unspecified atom stereocenters. The van der Waals surface area contributed by atoms with Crippen LogP contribution in [-0.2, 0) is 0 Å². The first-order valence-corrected chi connectivity index (χ1v) is 9.96. The minimum Gasteiger partial charge on any atom is -0.338 e. The first kappa shape index (κ1) is 15.3. The van der Waals surface area contributed by atoms with Gasteiger partial charge in [-0.3, -0.25) is 4.79 Å². The van der Waals surface area contributed by atoms with E-state index in [1.807, 2.05) is 40.6 Å². The molecule has 2 aliphatic rings. The maximum Gasteiger partial charge on any atom is 0.253 e. The van der Waals surface area contributed by atoms with Gasteiger partial charge in [0, 0.05) is 18.7 Å². The van der Waals surface area contributed by atoms with Gasteiger partial charge in [-0.1, -0.05) is 19.1 Å². The van der Waals surface area contributed by atoms with E-state index in [9.17, 15) is 4.79 Å². The van der Waals surface area contributed by atoms with Crippen LogP contribution >= 0.6 is 23.5 Å². The number of piperidine rings is 1. The van der Waals surface area contributed by atoms with E-state index in [4.69, 9.17) is 0 Å². The molecule has 0 bridgehead atoms. The molecule has 2 fully saturated rings. The van der Waals surface area contributed by atoms with Gasteiger partial charge in [-0.25, -0.2) is 0 Å². The lowest BCUT2D eigenvalue weighted by Crippen LogP contribution is -2.39. The average molecular weight is 322 g/mol. The molecule has 0 aliphatic carbocycles. The van der Waals surface area contributed by atoms with Gasteiger partial charge in [-0.15, -0.1) is 23.5 Å². The average Bonchev–Trinajstić information content (AvgIpc) is 2.55. The fourth-order valence-corrected chi connectivity index (χ4v) is 5.91. The number of amides is 1. The standard InChI is InChI=1S/C17H23NOS2/c1-13-4-2-9-18(12-13)16(19)14-5-7-15(8-6-14)17-20-10-3-11-21-17/h5-8,13,17H,2-4,9-12H2,1H3. The molecule has 1 amide bonds. The lowest BCUT2D eigenvalue weighted by molar-refractivity contribution is 0.0683. The fraction of sp³-hybridized carbons (Fsp3) is 0.588. The molecule has 2 nitrogen and oxygen atoms in total. The maximum absolute atomic E-state index is 12.5. The monoisotopic (exact) mass is 321 g/mol. The van der Waals surface area contributed by atoms with E-state index in [1.54, 1.807) is 0 Å². The molecule has 0 N–H and O–H groups in total. The van der Waals surface area contributed by atoms with Crippen LogP contribution < -0.4 is 0 Å². The molecule has 0 radical (unpaired) electrons. The first-order chi connectivity index (χ1) is 10.2. The molecule has 3 rings (SSSR count). The van der Waals surface area contributed by atoms with Gasteiger partial charge in [0.05, 0.1) is 4.58 Å². The summed E-state index contributed by atoms with van der Waals surface area (Å²) in [5.41, 5.74) is 2.20. The Morgan fingerprint density at radius 3 is 2.52 bits per heavy atom. The summed E-state index contributed by atoms with van der Waals surface area (Å²) in [6.45, 7) is 4.06. The SMILES string of the molecule is CC1CCCN(C(=O)c2ccc(C3SCCCS3)cc2)C1. The van der Waals surface area contributed by atoms with Crippen LogP contribution in [0.4, 0.5) is 0 Å². The maximum atomic E-state index is 12.5. The van der Waals surface area contributed by atoms with Gasteiger partial charge >= 0.3 is 0 Å². The highest BCUT2D eigenvalue weighted by molar-refractivity contribution is 8.16. The fourth-order valence-electron chi connectivity index (χ4n) is 3.02. The van der Waals surface area contributed by atoms with Crippen LogP contribution in [0.2, 0.25) is 0 Å². The van der Waals surface area contributed by atoms with Crippen molar-refractivity contribution in [2.24, 2.45) is 5.92 Å². The van der Waals surface area contributed by atoms with Crippen LogP contribution in [0.25, 0.3) is 0 Å². The predicted molar refractivity (Wildman–Crippen MR) is 93.0 cm³/mol. The quantitative estimate of drug-likeness (QED) is 0.804. The van der Waals surface area contributed by atoms with Gasteiger partial charge < -0.3 is 4.90 Å². The van der Waals surface area contributed by atoms with Crippen molar-refractivity contribution in [3.8, 4) is 0 Å². The Morgan fingerprint density at radius 1 is 1.14 bits per heavy atom. The number of hydrogen-bond donors (Lipinski definition) is 0. The van der Waals surface area contributed by atoms with E-state index in [0.29, 0.717) is 10.5 Å². The van der Waals surface area contributed by atoms with Crippen molar-refractivity contribution in [1.29, 1.82) is 0 Å². The van der Waals surface area contributed by atoms with Crippen LogP contribution in [0.1, 0.15) is 46.7 Å². The Balaban J connectivity index is 1.67. The molecule has 21 heavy (non-hydrogen) atoms.